The van der Waals surface area contributed by atoms with E-state index in [1.54, 1.807) is 12.4 Å². The molecule has 3 heterocycles. The molecule has 0 spiro atoms. The van der Waals surface area contributed by atoms with Gasteiger partial charge in [-0.3, -0.25) is 9.38 Å². The fourth-order valence-electron chi connectivity index (χ4n) is 3.35. The Labute approximate surface area is 135 Å². The molecule has 0 unspecified atom stereocenters. The monoisotopic (exact) mass is 310 g/mol. The van der Waals surface area contributed by atoms with E-state index in [1.165, 1.54) is 32.1 Å². The van der Waals surface area contributed by atoms with Crippen molar-refractivity contribution in [2.75, 3.05) is 5.32 Å². The van der Waals surface area contributed by atoms with Crippen molar-refractivity contribution in [3.63, 3.8) is 0 Å². The third-order valence-corrected chi connectivity index (χ3v) is 4.78. The van der Waals surface area contributed by atoms with E-state index in [0.29, 0.717) is 6.04 Å². The third-order valence-electron chi connectivity index (χ3n) is 4.78. The number of nitrogens with one attached hydrogen (secondary N) is 1. The van der Waals surface area contributed by atoms with Gasteiger partial charge in [0.15, 0.2) is 11.4 Å². The van der Waals surface area contributed by atoms with Crippen molar-refractivity contribution >= 4 is 11.5 Å². The largest absolute Gasteiger partial charge is 0.459 e. The number of nitrogens with zero attached hydrogens (tertiary/aromatic N) is 3. The lowest BCUT2D eigenvalue weighted by atomic mass is 9.95. The van der Waals surface area contributed by atoms with Gasteiger partial charge < -0.3 is 9.73 Å². The molecule has 5 heteroatoms. The van der Waals surface area contributed by atoms with Gasteiger partial charge in [-0.25, -0.2) is 4.98 Å². The lowest BCUT2D eigenvalue weighted by Crippen LogP contribution is -2.23. The highest BCUT2D eigenvalue weighted by molar-refractivity contribution is 5.74. The molecule has 0 amide bonds. The average molecular weight is 310 g/mol. The summed E-state index contributed by atoms with van der Waals surface area (Å²) in [6.45, 7) is 4.05. The van der Waals surface area contributed by atoms with E-state index in [1.807, 2.05) is 13.1 Å². The molecule has 3 aromatic rings. The van der Waals surface area contributed by atoms with E-state index in [9.17, 15) is 0 Å². The highest BCUT2D eigenvalue weighted by atomic mass is 16.3. The van der Waals surface area contributed by atoms with E-state index >= 15 is 0 Å². The molecule has 3 aromatic heterocycles. The average Bonchev–Trinajstić information content (AvgIpc) is 3.10. The first-order valence-corrected chi connectivity index (χ1v) is 8.38. The van der Waals surface area contributed by atoms with Crippen molar-refractivity contribution in [3.8, 4) is 11.5 Å². The van der Waals surface area contributed by atoms with Crippen LogP contribution in [0.15, 0.2) is 29.1 Å². The number of aromatic nitrogens is 3. The van der Waals surface area contributed by atoms with Crippen molar-refractivity contribution in [2.24, 2.45) is 0 Å². The number of rotatable bonds is 3. The standard InChI is InChI=1S/C18H22N4O/c1-12-10-15(23-13(12)2)17-18(20-14-6-4-3-5-7-14)22-9-8-19-11-16(22)21-17/h8-11,14,20H,3-7H2,1-2H3. The molecule has 0 saturated heterocycles. The summed E-state index contributed by atoms with van der Waals surface area (Å²) in [7, 11) is 0. The Morgan fingerprint density at radius 2 is 2.04 bits per heavy atom. The van der Waals surface area contributed by atoms with Crippen molar-refractivity contribution in [3.05, 3.63) is 36.0 Å². The minimum absolute atomic E-state index is 0.507. The number of hydrogen-bond acceptors (Lipinski definition) is 4. The van der Waals surface area contributed by atoms with Gasteiger partial charge in [0.25, 0.3) is 0 Å². The summed E-state index contributed by atoms with van der Waals surface area (Å²) in [6, 6.07) is 2.57. The van der Waals surface area contributed by atoms with E-state index in [4.69, 9.17) is 9.40 Å². The van der Waals surface area contributed by atoms with Gasteiger partial charge in [-0.2, -0.15) is 0 Å². The van der Waals surface area contributed by atoms with Gasteiger partial charge in [0.2, 0.25) is 0 Å². The van der Waals surface area contributed by atoms with Crippen LogP contribution in [0.2, 0.25) is 0 Å². The van der Waals surface area contributed by atoms with Crippen molar-refractivity contribution in [2.45, 2.75) is 52.0 Å². The van der Waals surface area contributed by atoms with Crippen LogP contribution in [0, 0.1) is 13.8 Å². The maximum absolute atomic E-state index is 5.92. The Kier molecular flexibility index (Phi) is 3.56. The number of hydrogen-bond donors (Lipinski definition) is 1. The summed E-state index contributed by atoms with van der Waals surface area (Å²) in [5, 5.41) is 3.71. The zero-order valence-electron chi connectivity index (χ0n) is 13.7. The van der Waals surface area contributed by atoms with Crippen molar-refractivity contribution < 1.29 is 4.42 Å². The summed E-state index contributed by atoms with van der Waals surface area (Å²) >= 11 is 0. The fourth-order valence-corrected chi connectivity index (χ4v) is 3.35. The Hall–Kier alpha value is -2.30. The minimum atomic E-state index is 0.507. The molecule has 1 saturated carbocycles. The second-order valence-corrected chi connectivity index (χ2v) is 6.44. The van der Waals surface area contributed by atoms with Gasteiger partial charge >= 0.3 is 0 Å². The first kappa shape index (κ1) is 14.3. The van der Waals surface area contributed by atoms with Gasteiger partial charge in [-0.05, 0) is 38.3 Å². The van der Waals surface area contributed by atoms with Crippen LogP contribution in [0.5, 0.6) is 0 Å². The lowest BCUT2D eigenvalue weighted by Gasteiger charge is -2.23. The smallest absolute Gasteiger partial charge is 0.157 e. The molecule has 0 radical (unpaired) electrons. The zero-order valence-corrected chi connectivity index (χ0v) is 13.7. The van der Waals surface area contributed by atoms with Crippen molar-refractivity contribution in [1.29, 1.82) is 0 Å². The van der Waals surface area contributed by atoms with Gasteiger partial charge in [0.1, 0.15) is 17.3 Å². The Morgan fingerprint density at radius 1 is 1.22 bits per heavy atom. The summed E-state index contributed by atoms with van der Waals surface area (Å²) in [5.41, 5.74) is 2.87. The predicted molar refractivity (Wildman–Crippen MR) is 90.7 cm³/mol. The van der Waals surface area contributed by atoms with Crippen LogP contribution >= 0.6 is 0 Å². The van der Waals surface area contributed by atoms with E-state index < -0.39 is 0 Å². The molecule has 4 rings (SSSR count). The molecule has 23 heavy (non-hydrogen) atoms. The normalized spacial score (nSPS) is 16.1. The number of aryl methyl sites for hydroxylation is 2. The van der Waals surface area contributed by atoms with Crippen LogP contribution in [-0.4, -0.2) is 20.4 Å². The Bertz CT molecular complexity index is 807. The highest BCUT2D eigenvalue weighted by Gasteiger charge is 2.21. The van der Waals surface area contributed by atoms with E-state index in [0.717, 1.165) is 34.2 Å². The molecule has 1 aliphatic rings. The van der Waals surface area contributed by atoms with Crippen molar-refractivity contribution in [1.82, 2.24) is 14.4 Å². The minimum Gasteiger partial charge on any atom is -0.459 e. The topological polar surface area (TPSA) is 55.4 Å². The zero-order chi connectivity index (χ0) is 15.8. The van der Waals surface area contributed by atoms with Crippen LogP contribution in [0.25, 0.3) is 17.1 Å². The molecule has 1 N–H and O–H groups in total. The van der Waals surface area contributed by atoms with Gasteiger partial charge in [-0.15, -0.1) is 0 Å². The summed E-state index contributed by atoms with van der Waals surface area (Å²) in [4.78, 5) is 8.94. The van der Waals surface area contributed by atoms with Gasteiger partial charge in [0.05, 0.1) is 6.20 Å². The second-order valence-electron chi connectivity index (χ2n) is 6.44. The molecule has 1 aliphatic carbocycles. The van der Waals surface area contributed by atoms with Gasteiger partial charge in [0, 0.05) is 18.4 Å². The van der Waals surface area contributed by atoms with E-state index in [-0.39, 0.29) is 0 Å². The molecule has 5 nitrogen and oxygen atoms in total. The molecule has 0 aromatic carbocycles. The summed E-state index contributed by atoms with van der Waals surface area (Å²) in [5.74, 6) is 2.78. The Balaban J connectivity index is 1.80. The number of imidazole rings is 1. The SMILES string of the molecule is Cc1cc(-c2nc3cnccn3c2NC2CCCCC2)oc1C. The molecular weight excluding hydrogens is 288 g/mol. The highest BCUT2D eigenvalue weighted by Crippen LogP contribution is 2.33. The van der Waals surface area contributed by atoms with Gasteiger partial charge in [-0.1, -0.05) is 19.3 Å². The molecular formula is C18H22N4O. The maximum Gasteiger partial charge on any atom is 0.157 e. The fraction of sp³-hybridized carbons (Fsp3) is 0.444. The Morgan fingerprint density at radius 3 is 2.78 bits per heavy atom. The maximum atomic E-state index is 5.92. The first-order chi connectivity index (χ1) is 11.2. The quantitative estimate of drug-likeness (QED) is 0.781. The molecule has 0 bridgehead atoms. The predicted octanol–water partition coefficient (Wildman–Crippen LogP) is 4.35. The molecule has 0 aliphatic heterocycles. The number of furan rings is 1. The van der Waals surface area contributed by atoms with Crippen LogP contribution in [-0.2, 0) is 0 Å². The van der Waals surface area contributed by atoms with E-state index in [2.05, 4.69) is 27.7 Å². The molecule has 1 fully saturated rings. The molecule has 0 atom stereocenters. The van der Waals surface area contributed by atoms with Crippen LogP contribution in [0.4, 0.5) is 5.82 Å². The first-order valence-electron chi connectivity index (χ1n) is 8.38. The lowest BCUT2D eigenvalue weighted by molar-refractivity contribution is 0.461. The molecule has 120 valence electrons. The van der Waals surface area contributed by atoms with Crippen LogP contribution < -0.4 is 5.32 Å². The number of fused-ring (bicyclic) bond motifs is 1. The summed E-state index contributed by atoms with van der Waals surface area (Å²) in [6.07, 6.45) is 11.9. The second kappa shape index (κ2) is 5.72. The third kappa shape index (κ3) is 2.60. The number of anilines is 1. The van der Waals surface area contributed by atoms with Crippen LogP contribution in [0.1, 0.15) is 43.4 Å². The summed E-state index contributed by atoms with van der Waals surface area (Å²) < 4.78 is 8.00. The van der Waals surface area contributed by atoms with Crippen LogP contribution in [0.3, 0.4) is 0 Å².